The average molecular weight is 243 g/mol. The molecule has 1 heterocycles. The number of nitrogens with two attached hydrogens (primary N) is 1. The Hall–Kier alpha value is -1.81. The first-order chi connectivity index (χ1) is 8.74. The van der Waals surface area contributed by atoms with Gasteiger partial charge in [0.15, 0.2) is 0 Å². The Labute approximate surface area is 106 Å². The summed E-state index contributed by atoms with van der Waals surface area (Å²) in [7, 11) is 0. The topological polar surface area (TPSA) is 71.2 Å². The van der Waals surface area contributed by atoms with Gasteiger partial charge in [-0.25, -0.2) is 0 Å². The van der Waals surface area contributed by atoms with E-state index in [0.29, 0.717) is 0 Å². The van der Waals surface area contributed by atoms with Crippen LogP contribution >= 0.6 is 0 Å². The summed E-state index contributed by atoms with van der Waals surface area (Å²) in [6, 6.07) is 7.71. The van der Waals surface area contributed by atoms with Gasteiger partial charge in [0.1, 0.15) is 0 Å². The third-order valence-corrected chi connectivity index (χ3v) is 3.75. The summed E-state index contributed by atoms with van der Waals surface area (Å²) in [5.74, 6) is 0. The van der Waals surface area contributed by atoms with Crippen LogP contribution in [0.5, 0.6) is 0 Å². The molecule has 4 heteroatoms. The maximum absolute atomic E-state index is 9.32. The van der Waals surface area contributed by atoms with E-state index in [1.165, 1.54) is 0 Å². The number of nitrogens with one attached hydrogen (secondary N) is 1. The molecule has 1 aromatic heterocycles. The van der Waals surface area contributed by atoms with E-state index in [1.807, 2.05) is 24.3 Å². The Morgan fingerprint density at radius 3 is 2.89 bits per heavy atom. The first-order valence-electron chi connectivity index (χ1n) is 6.22. The van der Waals surface area contributed by atoms with Crippen molar-refractivity contribution < 1.29 is 5.11 Å². The zero-order chi connectivity index (χ0) is 12.6. The Bertz CT molecular complexity index is 578. The minimum atomic E-state index is 0.0858. The number of nitrogen functional groups attached to an aromatic ring is 1. The lowest BCUT2D eigenvalue weighted by molar-refractivity contribution is 0.220. The monoisotopic (exact) mass is 243 g/mol. The summed E-state index contributed by atoms with van der Waals surface area (Å²) < 4.78 is 0. The number of hydrogen-bond acceptors (Lipinski definition) is 4. The van der Waals surface area contributed by atoms with Gasteiger partial charge in [0.05, 0.1) is 17.8 Å². The second-order valence-electron chi connectivity index (χ2n) is 5.11. The quantitative estimate of drug-likeness (QED) is 0.718. The van der Waals surface area contributed by atoms with Crippen molar-refractivity contribution >= 4 is 22.3 Å². The highest BCUT2D eigenvalue weighted by Gasteiger charge is 2.41. The molecule has 0 unspecified atom stereocenters. The van der Waals surface area contributed by atoms with Gasteiger partial charge in [-0.1, -0.05) is 0 Å². The highest BCUT2D eigenvalue weighted by Crippen LogP contribution is 2.45. The van der Waals surface area contributed by atoms with Crippen molar-refractivity contribution in [1.82, 2.24) is 4.98 Å². The van der Waals surface area contributed by atoms with Crippen molar-refractivity contribution in [1.29, 1.82) is 0 Å². The van der Waals surface area contributed by atoms with Gasteiger partial charge in [0, 0.05) is 29.2 Å². The summed E-state index contributed by atoms with van der Waals surface area (Å²) in [6.07, 6.45) is 3.96. The Morgan fingerprint density at radius 2 is 2.17 bits per heavy atom. The van der Waals surface area contributed by atoms with Gasteiger partial charge >= 0.3 is 0 Å². The van der Waals surface area contributed by atoms with Crippen LogP contribution in [-0.2, 0) is 0 Å². The van der Waals surface area contributed by atoms with Crippen LogP contribution in [0, 0.1) is 5.41 Å². The lowest BCUT2D eigenvalue weighted by Gasteiger charge is -2.15. The summed E-state index contributed by atoms with van der Waals surface area (Å²) in [5, 5.41) is 13.7. The van der Waals surface area contributed by atoms with Crippen molar-refractivity contribution in [3.8, 4) is 0 Å². The fourth-order valence-corrected chi connectivity index (χ4v) is 2.19. The van der Waals surface area contributed by atoms with E-state index in [9.17, 15) is 5.11 Å². The van der Waals surface area contributed by atoms with Crippen molar-refractivity contribution in [3.05, 3.63) is 30.5 Å². The van der Waals surface area contributed by atoms with E-state index < -0.39 is 0 Å². The standard InChI is InChI=1S/C14H17N3O/c15-11-3-4-12(13-10(11)2-1-7-16-13)17-8-14(9-18)5-6-14/h1-4,7,17-18H,5-6,8-9,15H2. The molecule has 0 radical (unpaired) electrons. The molecule has 1 aliphatic carbocycles. The van der Waals surface area contributed by atoms with Crippen LogP contribution < -0.4 is 11.1 Å². The van der Waals surface area contributed by atoms with E-state index in [-0.39, 0.29) is 12.0 Å². The molecule has 0 spiro atoms. The number of fused-ring (bicyclic) bond motifs is 1. The number of nitrogens with zero attached hydrogens (tertiary/aromatic N) is 1. The minimum Gasteiger partial charge on any atom is -0.398 e. The van der Waals surface area contributed by atoms with E-state index in [2.05, 4.69) is 10.3 Å². The number of rotatable bonds is 4. The predicted octanol–water partition coefficient (Wildman–Crippen LogP) is 2.00. The second-order valence-corrected chi connectivity index (χ2v) is 5.11. The normalized spacial score (nSPS) is 16.7. The minimum absolute atomic E-state index is 0.0858. The molecule has 0 amide bonds. The van der Waals surface area contributed by atoms with Crippen LogP contribution in [0.4, 0.5) is 11.4 Å². The van der Waals surface area contributed by atoms with E-state index in [4.69, 9.17) is 5.73 Å². The van der Waals surface area contributed by atoms with Crippen LogP contribution in [0.3, 0.4) is 0 Å². The van der Waals surface area contributed by atoms with Crippen molar-refractivity contribution in [3.63, 3.8) is 0 Å². The molecule has 0 atom stereocenters. The van der Waals surface area contributed by atoms with Crippen molar-refractivity contribution in [2.24, 2.45) is 5.41 Å². The zero-order valence-electron chi connectivity index (χ0n) is 10.2. The van der Waals surface area contributed by atoms with Gasteiger partial charge in [0.25, 0.3) is 0 Å². The molecule has 1 aliphatic rings. The lowest BCUT2D eigenvalue weighted by Crippen LogP contribution is -2.19. The van der Waals surface area contributed by atoms with Crippen molar-refractivity contribution in [2.75, 3.05) is 24.2 Å². The third-order valence-electron chi connectivity index (χ3n) is 3.75. The molecule has 1 saturated carbocycles. The van der Waals surface area contributed by atoms with E-state index in [0.717, 1.165) is 41.7 Å². The molecule has 0 bridgehead atoms. The Kier molecular flexibility index (Phi) is 2.59. The fourth-order valence-electron chi connectivity index (χ4n) is 2.19. The van der Waals surface area contributed by atoms with Gasteiger partial charge in [-0.3, -0.25) is 4.98 Å². The number of aromatic nitrogens is 1. The van der Waals surface area contributed by atoms with Crippen LogP contribution in [0.2, 0.25) is 0 Å². The molecule has 1 aromatic carbocycles. The highest BCUT2D eigenvalue weighted by molar-refractivity contribution is 5.98. The Morgan fingerprint density at radius 1 is 1.33 bits per heavy atom. The molecule has 4 nitrogen and oxygen atoms in total. The van der Waals surface area contributed by atoms with E-state index in [1.54, 1.807) is 6.20 Å². The molecule has 18 heavy (non-hydrogen) atoms. The smallest absolute Gasteiger partial charge is 0.0953 e. The number of pyridine rings is 1. The predicted molar refractivity (Wildman–Crippen MR) is 73.4 cm³/mol. The van der Waals surface area contributed by atoms with Crippen LogP contribution in [0.1, 0.15) is 12.8 Å². The van der Waals surface area contributed by atoms with Crippen LogP contribution in [-0.4, -0.2) is 23.2 Å². The second kappa shape index (κ2) is 4.14. The Balaban J connectivity index is 1.90. The first-order valence-corrected chi connectivity index (χ1v) is 6.22. The number of benzene rings is 1. The first kappa shape index (κ1) is 11.3. The summed E-state index contributed by atoms with van der Waals surface area (Å²) in [4.78, 5) is 4.38. The van der Waals surface area contributed by atoms with Crippen molar-refractivity contribution in [2.45, 2.75) is 12.8 Å². The molecule has 94 valence electrons. The maximum atomic E-state index is 9.32. The zero-order valence-corrected chi connectivity index (χ0v) is 10.2. The molecule has 0 saturated heterocycles. The van der Waals surface area contributed by atoms with Crippen LogP contribution in [0.15, 0.2) is 30.5 Å². The van der Waals surface area contributed by atoms with Gasteiger partial charge in [-0.15, -0.1) is 0 Å². The number of hydrogen-bond donors (Lipinski definition) is 3. The largest absolute Gasteiger partial charge is 0.398 e. The van der Waals surface area contributed by atoms with E-state index >= 15 is 0 Å². The lowest BCUT2D eigenvalue weighted by atomic mass is 10.1. The van der Waals surface area contributed by atoms with Crippen LogP contribution in [0.25, 0.3) is 10.9 Å². The molecule has 4 N–H and O–H groups in total. The summed E-state index contributed by atoms with van der Waals surface area (Å²) in [5.41, 5.74) is 8.65. The third kappa shape index (κ3) is 1.88. The highest BCUT2D eigenvalue weighted by atomic mass is 16.3. The van der Waals surface area contributed by atoms with Gasteiger partial charge in [-0.05, 0) is 37.1 Å². The maximum Gasteiger partial charge on any atom is 0.0953 e. The molecular formula is C14H17N3O. The average Bonchev–Trinajstić information content (AvgIpc) is 3.19. The number of anilines is 2. The number of aliphatic hydroxyl groups is 1. The molecule has 2 aromatic rings. The summed E-state index contributed by atoms with van der Waals surface area (Å²) in [6.45, 7) is 1.04. The molecular weight excluding hydrogens is 226 g/mol. The van der Waals surface area contributed by atoms with Gasteiger partial charge < -0.3 is 16.2 Å². The SMILES string of the molecule is Nc1ccc(NCC2(CO)CC2)c2ncccc12. The fraction of sp³-hybridized carbons (Fsp3) is 0.357. The van der Waals surface area contributed by atoms with Gasteiger partial charge in [0.2, 0.25) is 0 Å². The summed E-state index contributed by atoms with van der Waals surface area (Å²) >= 11 is 0. The number of aliphatic hydroxyl groups excluding tert-OH is 1. The molecule has 0 aliphatic heterocycles. The molecule has 3 rings (SSSR count). The molecule has 1 fully saturated rings. The van der Waals surface area contributed by atoms with Gasteiger partial charge in [-0.2, -0.15) is 0 Å².